The van der Waals surface area contributed by atoms with E-state index in [0.717, 1.165) is 27.4 Å². The first-order chi connectivity index (χ1) is 16.7. The van der Waals surface area contributed by atoms with Gasteiger partial charge in [-0.05, 0) is 60.4 Å². The maximum Gasteiger partial charge on any atom is 0.306 e. The van der Waals surface area contributed by atoms with Crippen LogP contribution in [-0.2, 0) is 9.59 Å². The molecule has 1 unspecified atom stereocenters. The molecule has 1 N–H and O–H groups in total. The first-order valence-electron chi connectivity index (χ1n) is 10.9. The van der Waals surface area contributed by atoms with Gasteiger partial charge in [0.25, 0.3) is 5.91 Å². The topological polar surface area (TPSA) is 82.9 Å². The van der Waals surface area contributed by atoms with Gasteiger partial charge in [-0.25, -0.2) is 9.40 Å². The van der Waals surface area contributed by atoms with Crippen LogP contribution in [0, 0.1) is 13.8 Å². The summed E-state index contributed by atoms with van der Waals surface area (Å²) < 4.78 is 14.6. The maximum atomic E-state index is 14.6. The Morgan fingerprint density at radius 1 is 1.09 bits per heavy atom. The number of amides is 1. The fourth-order valence-corrected chi connectivity index (χ4v) is 4.37. The van der Waals surface area contributed by atoms with E-state index >= 15 is 0 Å². The van der Waals surface area contributed by atoms with Crippen molar-refractivity contribution in [1.82, 2.24) is 9.99 Å². The number of benzene rings is 2. The van der Waals surface area contributed by atoms with E-state index in [2.05, 4.69) is 10.1 Å². The van der Waals surface area contributed by atoms with Crippen molar-refractivity contribution in [2.75, 3.05) is 0 Å². The van der Waals surface area contributed by atoms with Crippen LogP contribution >= 0.6 is 23.2 Å². The summed E-state index contributed by atoms with van der Waals surface area (Å²) in [6.07, 6.45) is -1.17. The number of alkyl halides is 1. The average Bonchev–Trinajstić information content (AvgIpc) is 3.26. The van der Waals surface area contributed by atoms with Crippen LogP contribution < -0.4 is 0 Å². The van der Waals surface area contributed by atoms with Crippen LogP contribution in [-0.4, -0.2) is 38.9 Å². The summed E-state index contributed by atoms with van der Waals surface area (Å²) in [4.78, 5) is 28.5. The van der Waals surface area contributed by atoms with Crippen LogP contribution in [0.25, 0.3) is 11.1 Å². The van der Waals surface area contributed by atoms with Gasteiger partial charge in [-0.2, -0.15) is 5.10 Å². The third kappa shape index (κ3) is 5.21. The summed E-state index contributed by atoms with van der Waals surface area (Å²) in [6.45, 7) is 3.86. The van der Waals surface area contributed by atoms with Crippen molar-refractivity contribution in [3.05, 3.63) is 87.2 Å². The molecule has 0 aliphatic carbocycles. The Morgan fingerprint density at radius 3 is 2.29 bits per heavy atom. The molecule has 2 heterocycles. The van der Waals surface area contributed by atoms with Gasteiger partial charge in [-0.1, -0.05) is 47.5 Å². The average molecular weight is 514 g/mol. The Morgan fingerprint density at radius 2 is 1.69 bits per heavy atom. The van der Waals surface area contributed by atoms with Crippen molar-refractivity contribution in [1.29, 1.82) is 0 Å². The van der Waals surface area contributed by atoms with Crippen molar-refractivity contribution in [2.24, 2.45) is 5.10 Å². The van der Waals surface area contributed by atoms with E-state index in [1.165, 1.54) is 0 Å². The van der Waals surface area contributed by atoms with E-state index in [0.29, 0.717) is 26.9 Å². The molecular weight excluding hydrogens is 492 g/mol. The van der Waals surface area contributed by atoms with Gasteiger partial charge in [-0.3, -0.25) is 14.6 Å². The zero-order chi connectivity index (χ0) is 25.3. The molecule has 6 nitrogen and oxygen atoms in total. The van der Waals surface area contributed by atoms with E-state index in [-0.39, 0.29) is 6.42 Å². The second-order valence-electron chi connectivity index (χ2n) is 8.33. The predicted molar refractivity (Wildman–Crippen MR) is 133 cm³/mol. The van der Waals surface area contributed by atoms with Gasteiger partial charge >= 0.3 is 5.97 Å². The number of carboxylic acids is 1. The molecule has 0 fully saturated rings. The lowest BCUT2D eigenvalue weighted by molar-refractivity contribution is -0.146. The Bertz CT molecular complexity index is 1310. The molecule has 0 saturated heterocycles. The molecular formula is C26H22Cl2FN3O3. The molecule has 180 valence electrons. The van der Waals surface area contributed by atoms with E-state index in [1.807, 2.05) is 26.0 Å². The van der Waals surface area contributed by atoms with Gasteiger partial charge in [0.05, 0.1) is 18.2 Å². The second kappa shape index (κ2) is 10.1. The predicted octanol–water partition coefficient (Wildman–Crippen LogP) is 6.16. The Hall–Kier alpha value is -3.29. The minimum atomic E-state index is -2.22. The quantitative estimate of drug-likeness (QED) is 0.427. The molecule has 2 atom stereocenters. The number of hydrazone groups is 1. The highest BCUT2D eigenvalue weighted by atomic mass is 35.5. The van der Waals surface area contributed by atoms with Crippen LogP contribution in [0.15, 0.2) is 59.8 Å². The minimum absolute atomic E-state index is 0.290. The van der Waals surface area contributed by atoms with Crippen molar-refractivity contribution in [3.63, 3.8) is 0 Å². The molecule has 0 radical (unpaired) electrons. The molecule has 1 amide bonds. The molecule has 1 aromatic heterocycles. The molecule has 0 spiro atoms. The minimum Gasteiger partial charge on any atom is -0.481 e. The Labute approximate surface area is 212 Å². The Balaban J connectivity index is 1.81. The Kier molecular flexibility index (Phi) is 7.19. The zero-order valence-electron chi connectivity index (χ0n) is 19.0. The number of hydrogen-bond donors (Lipinski definition) is 1. The van der Waals surface area contributed by atoms with E-state index in [1.54, 1.807) is 42.6 Å². The van der Waals surface area contributed by atoms with Crippen molar-refractivity contribution >= 4 is 40.8 Å². The molecule has 9 heteroatoms. The highest BCUT2D eigenvalue weighted by Crippen LogP contribution is 2.38. The number of carboxylic acid groups (broad SMARTS) is 1. The molecule has 35 heavy (non-hydrogen) atoms. The van der Waals surface area contributed by atoms with Gasteiger partial charge < -0.3 is 5.11 Å². The number of aliphatic carboxylic acids is 1. The molecule has 0 bridgehead atoms. The number of rotatable bonds is 6. The smallest absolute Gasteiger partial charge is 0.306 e. The van der Waals surface area contributed by atoms with Gasteiger partial charge in [0.1, 0.15) is 0 Å². The standard InChI is InChI=1S/C26H22Cl2FN3O3/c1-14-15(2)30-13-20(25(14)17-5-9-19(28)10-6-17)22-12-23(16-3-7-18(27)8-4-16)32(31-22)26(35)21(29)11-24(33)34/h3-10,13,21,23H,11-12H2,1-2H3,(H,33,34)/t21?,23-/m1/s1. The summed E-state index contributed by atoms with van der Waals surface area (Å²) in [5.41, 5.74) is 5.52. The first-order valence-corrected chi connectivity index (χ1v) is 11.7. The number of carbonyl (C=O) groups is 2. The molecule has 0 saturated carbocycles. The fourth-order valence-electron chi connectivity index (χ4n) is 4.12. The molecule has 2 aromatic carbocycles. The maximum absolute atomic E-state index is 14.6. The molecule has 4 rings (SSSR count). The number of pyridine rings is 1. The van der Waals surface area contributed by atoms with Gasteiger partial charge in [0.2, 0.25) is 0 Å². The van der Waals surface area contributed by atoms with Crippen LogP contribution in [0.3, 0.4) is 0 Å². The van der Waals surface area contributed by atoms with Crippen molar-refractivity contribution < 1.29 is 19.1 Å². The number of aromatic nitrogens is 1. The third-order valence-corrected chi connectivity index (χ3v) is 6.53. The van der Waals surface area contributed by atoms with Crippen LogP contribution in [0.2, 0.25) is 10.0 Å². The summed E-state index contributed by atoms with van der Waals surface area (Å²) >= 11 is 12.1. The zero-order valence-corrected chi connectivity index (χ0v) is 20.5. The van der Waals surface area contributed by atoms with E-state index < -0.39 is 30.5 Å². The largest absolute Gasteiger partial charge is 0.481 e. The van der Waals surface area contributed by atoms with Crippen LogP contribution in [0.5, 0.6) is 0 Å². The van der Waals surface area contributed by atoms with E-state index in [9.17, 15) is 14.0 Å². The lowest BCUT2D eigenvalue weighted by Gasteiger charge is -2.23. The van der Waals surface area contributed by atoms with Crippen LogP contribution in [0.1, 0.15) is 41.3 Å². The van der Waals surface area contributed by atoms with Crippen LogP contribution in [0.4, 0.5) is 4.39 Å². The summed E-state index contributed by atoms with van der Waals surface area (Å²) in [7, 11) is 0. The number of nitrogens with zero attached hydrogens (tertiary/aromatic N) is 3. The van der Waals surface area contributed by atoms with Gasteiger partial charge in [0.15, 0.2) is 6.17 Å². The monoisotopic (exact) mass is 513 g/mol. The molecule has 3 aromatic rings. The number of hydrogen-bond acceptors (Lipinski definition) is 4. The van der Waals surface area contributed by atoms with Crippen molar-refractivity contribution in [2.45, 2.75) is 38.9 Å². The van der Waals surface area contributed by atoms with Crippen molar-refractivity contribution in [3.8, 4) is 11.1 Å². The van der Waals surface area contributed by atoms with Gasteiger partial charge in [0, 0.05) is 33.9 Å². The summed E-state index contributed by atoms with van der Waals surface area (Å²) in [5, 5.41) is 15.7. The number of aryl methyl sites for hydroxylation is 1. The lowest BCUT2D eigenvalue weighted by atomic mass is 9.90. The normalized spacial score (nSPS) is 16.2. The lowest BCUT2D eigenvalue weighted by Crippen LogP contribution is -2.35. The van der Waals surface area contributed by atoms with E-state index in [4.69, 9.17) is 28.3 Å². The summed E-state index contributed by atoms with van der Waals surface area (Å²) in [5.74, 6) is -2.41. The molecule has 1 aliphatic heterocycles. The number of halogens is 3. The molecule has 1 aliphatic rings. The second-order valence-corrected chi connectivity index (χ2v) is 9.20. The highest BCUT2D eigenvalue weighted by molar-refractivity contribution is 6.30. The third-order valence-electron chi connectivity index (χ3n) is 6.03. The summed E-state index contributed by atoms with van der Waals surface area (Å²) in [6, 6.07) is 13.6. The highest BCUT2D eigenvalue weighted by Gasteiger charge is 2.38. The fraction of sp³-hybridized carbons (Fsp3) is 0.231. The number of carbonyl (C=O) groups excluding carboxylic acids is 1. The SMILES string of the molecule is Cc1ncc(C2=NN(C(=O)C(F)CC(=O)O)[C@@H](c3ccc(Cl)cc3)C2)c(-c2ccc(Cl)cc2)c1C. The van der Waals surface area contributed by atoms with Gasteiger partial charge in [-0.15, -0.1) is 0 Å². The first kappa shape index (κ1) is 24.8.